The van der Waals surface area contributed by atoms with E-state index in [2.05, 4.69) is 240 Å². The molecule has 2 nitrogen and oxygen atoms in total. The van der Waals surface area contributed by atoms with Crippen molar-refractivity contribution in [1.82, 2.24) is 0 Å². The largest absolute Gasteiger partial charge is 0.309 e. The van der Waals surface area contributed by atoms with Gasteiger partial charge in [0.2, 0.25) is 0 Å². The lowest BCUT2D eigenvalue weighted by Gasteiger charge is -2.28. The molecule has 0 bridgehead atoms. The first-order valence-electron chi connectivity index (χ1n) is 19.2. The lowest BCUT2D eigenvalue weighted by molar-refractivity contribution is 1.31. The third-order valence-electron chi connectivity index (χ3n) is 10.7. The summed E-state index contributed by atoms with van der Waals surface area (Å²) in [6.45, 7) is 0. The molecule has 264 valence electrons. The smallest absolute Gasteiger partial charge is 0.0618 e. The normalized spacial score (nSPS) is 11.5. The number of benzene rings is 10. The van der Waals surface area contributed by atoms with Crippen LogP contribution < -0.4 is 9.80 Å². The Balaban J connectivity index is 0.999. The Labute approximate surface area is 327 Å². The third kappa shape index (κ3) is 6.14. The van der Waals surface area contributed by atoms with Crippen molar-refractivity contribution < 1.29 is 0 Å². The predicted octanol–water partition coefficient (Wildman–Crippen LogP) is 15.4. The van der Waals surface area contributed by atoms with Crippen molar-refractivity contribution in [3.8, 4) is 0 Å². The van der Waals surface area contributed by atoms with E-state index in [1.54, 1.807) is 0 Å². The molecule has 2 heteroatoms. The van der Waals surface area contributed by atoms with Gasteiger partial charge in [-0.3, -0.25) is 0 Å². The monoisotopic (exact) mass is 714 g/mol. The van der Waals surface area contributed by atoms with Gasteiger partial charge in [0.15, 0.2) is 0 Å². The summed E-state index contributed by atoms with van der Waals surface area (Å²) in [5.41, 5.74) is 9.13. The fourth-order valence-corrected chi connectivity index (χ4v) is 8.09. The second-order valence-electron chi connectivity index (χ2n) is 14.2. The summed E-state index contributed by atoms with van der Waals surface area (Å²) < 4.78 is 0. The van der Waals surface area contributed by atoms with Gasteiger partial charge in [0, 0.05) is 44.3 Å². The number of para-hydroxylation sites is 2. The van der Waals surface area contributed by atoms with E-state index in [0.29, 0.717) is 0 Å². The maximum atomic E-state index is 2.40. The molecule has 0 fully saturated rings. The summed E-state index contributed by atoms with van der Waals surface area (Å²) in [5.74, 6) is 0. The quantitative estimate of drug-likeness (QED) is 0.114. The molecule has 0 aromatic heterocycles. The maximum Gasteiger partial charge on any atom is 0.0618 e. The molecule has 0 spiro atoms. The highest BCUT2D eigenvalue weighted by atomic mass is 15.2. The van der Waals surface area contributed by atoms with Crippen LogP contribution in [0.5, 0.6) is 0 Å². The standard InChI is InChI=1S/C54H38N2/c1-3-19-45(20-4-1)55(53-49-23-11-7-15-41(49)37-42-16-8-12-24-50(42)53)47-33-29-39(30-34-47)27-28-40-31-35-48(36-32-40)56(46-21-5-2-6-22-46)54-51-25-13-9-17-43(51)38-44-18-10-14-26-52(44)54/h1-38H/b28-27+. The van der Waals surface area contributed by atoms with Crippen LogP contribution in [-0.2, 0) is 0 Å². The average molecular weight is 715 g/mol. The number of nitrogens with zero attached hydrogens (tertiary/aromatic N) is 2. The lowest BCUT2D eigenvalue weighted by Crippen LogP contribution is -2.11. The average Bonchev–Trinajstić information content (AvgIpc) is 3.27. The lowest BCUT2D eigenvalue weighted by atomic mass is 9.99. The van der Waals surface area contributed by atoms with Crippen LogP contribution in [0.1, 0.15) is 11.1 Å². The van der Waals surface area contributed by atoms with Crippen LogP contribution in [0.25, 0.3) is 55.2 Å². The van der Waals surface area contributed by atoms with Gasteiger partial charge in [0.25, 0.3) is 0 Å². The van der Waals surface area contributed by atoms with E-state index in [1.165, 1.54) is 54.5 Å². The highest BCUT2D eigenvalue weighted by Gasteiger charge is 2.20. The minimum Gasteiger partial charge on any atom is -0.309 e. The van der Waals surface area contributed by atoms with E-state index in [1.807, 2.05) is 0 Å². The van der Waals surface area contributed by atoms with Gasteiger partial charge in [-0.2, -0.15) is 0 Å². The molecule has 10 aromatic carbocycles. The van der Waals surface area contributed by atoms with Gasteiger partial charge in [-0.15, -0.1) is 0 Å². The minimum atomic E-state index is 1.11. The number of fused-ring (bicyclic) bond motifs is 4. The van der Waals surface area contributed by atoms with Crippen molar-refractivity contribution in [3.63, 3.8) is 0 Å². The van der Waals surface area contributed by atoms with Gasteiger partial charge in [0.05, 0.1) is 11.4 Å². The van der Waals surface area contributed by atoms with E-state index in [0.717, 1.165) is 33.9 Å². The highest BCUT2D eigenvalue weighted by molar-refractivity contribution is 6.15. The van der Waals surface area contributed by atoms with Crippen LogP contribution in [0, 0.1) is 0 Å². The molecule has 0 unspecified atom stereocenters. The molecule has 0 N–H and O–H groups in total. The molecule has 0 aliphatic carbocycles. The first-order valence-corrected chi connectivity index (χ1v) is 19.2. The molecule has 56 heavy (non-hydrogen) atoms. The zero-order valence-corrected chi connectivity index (χ0v) is 30.8. The first-order chi connectivity index (χ1) is 27.8. The maximum absolute atomic E-state index is 2.40. The van der Waals surface area contributed by atoms with Crippen LogP contribution in [0.3, 0.4) is 0 Å². The van der Waals surface area contributed by atoms with E-state index < -0.39 is 0 Å². The molecular formula is C54H38N2. The number of hydrogen-bond donors (Lipinski definition) is 0. The molecule has 10 rings (SSSR count). The highest BCUT2D eigenvalue weighted by Crippen LogP contribution is 2.45. The van der Waals surface area contributed by atoms with Crippen LogP contribution >= 0.6 is 0 Å². The molecule has 0 atom stereocenters. The third-order valence-corrected chi connectivity index (χ3v) is 10.7. The Kier molecular flexibility index (Phi) is 8.55. The van der Waals surface area contributed by atoms with Gasteiger partial charge >= 0.3 is 0 Å². The Morgan fingerprint density at radius 1 is 0.250 bits per heavy atom. The van der Waals surface area contributed by atoms with E-state index in [9.17, 15) is 0 Å². The summed E-state index contributed by atoms with van der Waals surface area (Å²) in [5, 5.41) is 9.80. The summed E-state index contributed by atoms with van der Waals surface area (Å²) in [6.07, 6.45) is 4.40. The molecule has 0 saturated carbocycles. The van der Waals surface area contributed by atoms with Crippen LogP contribution in [0.4, 0.5) is 34.1 Å². The van der Waals surface area contributed by atoms with Gasteiger partial charge in [0.1, 0.15) is 0 Å². The summed E-state index contributed by atoms with van der Waals surface area (Å²) >= 11 is 0. The van der Waals surface area contributed by atoms with Gasteiger partial charge in [-0.1, -0.05) is 170 Å². The molecule has 0 amide bonds. The Morgan fingerprint density at radius 2 is 0.518 bits per heavy atom. The number of rotatable bonds is 8. The van der Waals surface area contributed by atoms with E-state index in [4.69, 9.17) is 0 Å². The second-order valence-corrected chi connectivity index (χ2v) is 14.2. The van der Waals surface area contributed by atoms with Crippen LogP contribution in [0.15, 0.2) is 218 Å². The number of hydrogen-bond acceptors (Lipinski definition) is 2. The van der Waals surface area contributed by atoms with Crippen molar-refractivity contribution in [2.75, 3.05) is 9.80 Å². The topological polar surface area (TPSA) is 6.48 Å². The zero-order valence-electron chi connectivity index (χ0n) is 30.8. The van der Waals surface area contributed by atoms with Crippen LogP contribution in [-0.4, -0.2) is 0 Å². The molecule has 10 aromatic rings. The fraction of sp³-hybridized carbons (Fsp3) is 0. The Bertz CT molecular complexity index is 2690. The molecule has 0 radical (unpaired) electrons. The zero-order chi connectivity index (χ0) is 37.3. The van der Waals surface area contributed by atoms with Crippen LogP contribution in [0.2, 0.25) is 0 Å². The Morgan fingerprint density at radius 3 is 0.839 bits per heavy atom. The molecular weight excluding hydrogens is 677 g/mol. The second kappa shape index (κ2) is 14.4. The van der Waals surface area contributed by atoms with Crippen molar-refractivity contribution in [2.45, 2.75) is 0 Å². The predicted molar refractivity (Wildman–Crippen MR) is 241 cm³/mol. The molecule has 0 aliphatic heterocycles. The molecule has 0 saturated heterocycles. The number of anilines is 6. The van der Waals surface area contributed by atoms with Gasteiger partial charge in [-0.25, -0.2) is 0 Å². The van der Waals surface area contributed by atoms with Crippen molar-refractivity contribution in [3.05, 3.63) is 230 Å². The first kappa shape index (κ1) is 33.2. The molecule has 0 aliphatic rings. The fourth-order valence-electron chi connectivity index (χ4n) is 8.09. The SMILES string of the molecule is C(=C\c1ccc(N(c2ccccc2)c2c3ccccc3cc3ccccc23)cc1)/c1ccc(N(c2ccccc2)c2c3ccccc3cc3ccccc23)cc1. The van der Waals surface area contributed by atoms with Crippen molar-refractivity contribution in [2.24, 2.45) is 0 Å². The summed E-state index contributed by atoms with van der Waals surface area (Å²) in [6, 6.07) is 78.5. The van der Waals surface area contributed by atoms with Gasteiger partial charge < -0.3 is 9.80 Å². The van der Waals surface area contributed by atoms with Crippen molar-refractivity contribution in [1.29, 1.82) is 0 Å². The summed E-state index contributed by atoms with van der Waals surface area (Å²) in [7, 11) is 0. The molecule has 0 heterocycles. The van der Waals surface area contributed by atoms with E-state index >= 15 is 0 Å². The minimum absolute atomic E-state index is 1.11. The van der Waals surface area contributed by atoms with E-state index in [-0.39, 0.29) is 0 Å². The summed E-state index contributed by atoms with van der Waals surface area (Å²) in [4.78, 5) is 4.79. The Hall–Kier alpha value is -7.42. The van der Waals surface area contributed by atoms with Gasteiger partial charge in [-0.05, 0) is 93.3 Å². The van der Waals surface area contributed by atoms with Crippen molar-refractivity contribution >= 4 is 89.4 Å².